The number of carbonyl (C=O) groups is 1. The van der Waals surface area contributed by atoms with Gasteiger partial charge in [-0.2, -0.15) is 0 Å². The predicted molar refractivity (Wildman–Crippen MR) is 115 cm³/mol. The highest BCUT2D eigenvalue weighted by atomic mass is 32.1. The molecule has 4 rings (SSSR count). The molecule has 2 saturated heterocycles. The number of piperidine rings is 2. The SMILES string of the molecule is O=C(Cc1cccs1)Nc1cc(N2CCCCC2)ccc1N1CCCCC1. The second-order valence-corrected chi connectivity index (χ2v) is 8.63. The molecule has 0 unspecified atom stereocenters. The molecule has 0 radical (unpaired) electrons. The zero-order valence-corrected chi connectivity index (χ0v) is 16.8. The van der Waals surface area contributed by atoms with Crippen LogP contribution in [0.25, 0.3) is 0 Å². The molecule has 3 heterocycles. The molecule has 0 bridgehead atoms. The largest absolute Gasteiger partial charge is 0.371 e. The summed E-state index contributed by atoms with van der Waals surface area (Å²) in [6.07, 6.45) is 8.06. The van der Waals surface area contributed by atoms with Gasteiger partial charge in [-0.3, -0.25) is 4.79 Å². The lowest BCUT2D eigenvalue weighted by atomic mass is 10.1. The van der Waals surface area contributed by atoms with Crippen molar-refractivity contribution in [2.45, 2.75) is 44.9 Å². The topological polar surface area (TPSA) is 35.6 Å². The minimum absolute atomic E-state index is 0.0755. The van der Waals surface area contributed by atoms with Gasteiger partial charge in [0.15, 0.2) is 0 Å². The highest BCUT2D eigenvalue weighted by Gasteiger charge is 2.19. The number of rotatable bonds is 5. The van der Waals surface area contributed by atoms with Crippen molar-refractivity contribution in [3.63, 3.8) is 0 Å². The molecule has 1 N–H and O–H groups in total. The summed E-state index contributed by atoms with van der Waals surface area (Å²) >= 11 is 1.64. The maximum Gasteiger partial charge on any atom is 0.229 e. The Labute approximate surface area is 166 Å². The Hall–Kier alpha value is -2.01. The Balaban J connectivity index is 1.56. The van der Waals surface area contributed by atoms with E-state index < -0.39 is 0 Å². The van der Waals surface area contributed by atoms with Crippen molar-refractivity contribution in [3.8, 4) is 0 Å². The lowest BCUT2D eigenvalue weighted by molar-refractivity contribution is -0.115. The summed E-state index contributed by atoms with van der Waals surface area (Å²) in [5, 5.41) is 5.25. The van der Waals surface area contributed by atoms with E-state index in [9.17, 15) is 4.79 Å². The van der Waals surface area contributed by atoms with Crippen molar-refractivity contribution in [2.75, 3.05) is 41.3 Å². The molecule has 1 aromatic carbocycles. The molecule has 0 saturated carbocycles. The summed E-state index contributed by atoms with van der Waals surface area (Å²) in [4.78, 5) is 18.7. The van der Waals surface area contributed by atoms with Crippen LogP contribution in [-0.2, 0) is 11.2 Å². The molecule has 0 aliphatic carbocycles. The van der Waals surface area contributed by atoms with Crippen LogP contribution in [0, 0.1) is 0 Å². The Morgan fingerprint density at radius 2 is 1.63 bits per heavy atom. The Morgan fingerprint density at radius 1 is 0.926 bits per heavy atom. The van der Waals surface area contributed by atoms with Gasteiger partial charge in [0, 0.05) is 36.7 Å². The third kappa shape index (κ3) is 4.64. The molecule has 27 heavy (non-hydrogen) atoms. The number of carbonyl (C=O) groups excluding carboxylic acids is 1. The van der Waals surface area contributed by atoms with Gasteiger partial charge in [-0.05, 0) is 68.2 Å². The summed E-state index contributed by atoms with van der Waals surface area (Å²) in [6, 6.07) is 10.7. The minimum atomic E-state index is 0.0755. The second kappa shape index (κ2) is 8.79. The summed E-state index contributed by atoms with van der Waals surface area (Å²) in [7, 11) is 0. The molecule has 1 aromatic heterocycles. The predicted octanol–water partition coefficient (Wildman–Crippen LogP) is 4.91. The van der Waals surface area contributed by atoms with Crippen LogP contribution in [0.2, 0.25) is 0 Å². The summed E-state index contributed by atoms with van der Waals surface area (Å²) in [6.45, 7) is 4.39. The number of nitrogens with zero attached hydrogens (tertiary/aromatic N) is 2. The van der Waals surface area contributed by atoms with Gasteiger partial charge in [0.05, 0.1) is 17.8 Å². The van der Waals surface area contributed by atoms with Crippen LogP contribution in [0.15, 0.2) is 35.7 Å². The number of amides is 1. The van der Waals surface area contributed by atoms with Crippen molar-refractivity contribution >= 4 is 34.3 Å². The highest BCUT2D eigenvalue weighted by molar-refractivity contribution is 7.10. The number of benzene rings is 1. The van der Waals surface area contributed by atoms with E-state index in [0.29, 0.717) is 6.42 Å². The molecule has 0 spiro atoms. The first-order valence-corrected chi connectivity index (χ1v) is 11.1. The lowest BCUT2D eigenvalue weighted by Gasteiger charge is -2.33. The van der Waals surface area contributed by atoms with Gasteiger partial charge in [0.2, 0.25) is 5.91 Å². The maximum absolute atomic E-state index is 12.7. The number of nitrogens with one attached hydrogen (secondary N) is 1. The first-order valence-electron chi connectivity index (χ1n) is 10.3. The molecule has 2 aliphatic rings. The van der Waals surface area contributed by atoms with E-state index in [1.165, 1.54) is 49.9 Å². The van der Waals surface area contributed by atoms with Crippen molar-refractivity contribution in [1.82, 2.24) is 0 Å². The Kier molecular flexibility index (Phi) is 5.97. The van der Waals surface area contributed by atoms with Gasteiger partial charge in [0.1, 0.15) is 0 Å². The fourth-order valence-electron chi connectivity index (χ4n) is 4.15. The normalized spacial score (nSPS) is 17.8. The second-order valence-electron chi connectivity index (χ2n) is 7.60. The smallest absolute Gasteiger partial charge is 0.229 e. The van der Waals surface area contributed by atoms with Crippen LogP contribution < -0.4 is 15.1 Å². The van der Waals surface area contributed by atoms with Crippen molar-refractivity contribution in [2.24, 2.45) is 0 Å². The first kappa shape index (κ1) is 18.4. The molecule has 2 aliphatic heterocycles. The molecule has 5 heteroatoms. The van der Waals surface area contributed by atoms with E-state index in [-0.39, 0.29) is 5.91 Å². The number of anilines is 3. The van der Waals surface area contributed by atoms with E-state index >= 15 is 0 Å². The van der Waals surface area contributed by atoms with E-state index in [1.54, 1.807) is 11.3 Å². The Bertz CT molecular complexity index is 747. The van der Waals surface area contributed by atoms with Gasteiger partial charge in [-0.1, -0.05) is 6.07 Å². The highest BCUT2D eigenvalue weighted by Crippen LogP contribution is 2.33. The van der Waals surface area contributed by atoms with Gasteiger partial charge < -0.3 is 15.1 Å². The van der Waals surface area contributed by atoms with E-state index in [2.05, 4.69) is 33.3 Å². The van der Waals surface area contributed by atoms with Crippen LogP contribution in [-0.4, -0.2) is 32.1 Å². The third-order valence-electron chi connectivity index (χ3n) is 5.59. The van der Waals surface area contributed by atoms with Gasteiger partial charge >= 0.3 is 0 Å². The third-order valence-corrected chi connectivity index (χ3v) is 6.46. The van der Waals surface area contributed by atoms with Crippen molar-refractivity contribution < 1.29 is 4.79 Å². The van der Waals surface area contributed by atoms with Crippen molar-refractivity contribution in [1.29, 1.82) is 0 Å². The molecule has 2 fully saturated rings. The zero-order chi connectivity index (χ0) is 18.5. The number of thiophene rings is 1. The first-order chi connectivity index (χ1) is 13.3. The average Bonchev–Trinajstić information content (AvgIpc) is 3.22. The summed E-state index contributed by atoms with van der Waals surface area (Å²) in [5.41, 5.74) is 3.39. The number of hydrogen-bond donors (Lipinski definition) is 1. The molecular formula is C22H29N3OS. The average molecular weight is 384 g/mol. The zero-order valence-electron chi connectivity index (χ0n) is 16.0. The molecule has 2 aromatic rings. The number of hydrogen-bond acceptors (Lipinski definition) is 4. The molecule has 1 amide bonds. The fraction of sp³-hybridized carbons (Fsp3) is 0.500. The van der Waals surface area contributed by atoms with Crippen LogP contribution in [0.4, 0.5) is 17.1 Å². The van der Waals surface area contributed by atoms with Gasteiger partial charge in [-0.25, -0.2) is 0 Å². The fourth-order valence-corrected chi connectivity index (χ4v) is 4.85. The summed E-state index contributed by atoms with van der Waals surface area (Å²) in [5.74, 6) is 0.0755. The van der Waals surface area contributed by atoms with Crippen molar-refractivity contribution in [3.05, 3.63) is 40.6 Å². The Morgan fingerprint density at radius 3 is 2.30 bits per heavy atom. The van der Waals surface area contributed by atoms with Crippen LogP contribution in [0.1, 0.15) is 43.4 Å². The van der Waals surface area contributed by atoms with Crippen LogP contribution in [0.3, 0.4) is 0 Å². The molecule has 4 nitrogen and oxygen atoms in total. The molecule has 144 valence electrons. The van der Waals surface area contributed by atoms with Gasteiger partial charge in [-0.15, -0.1) is 11.3 Å². The monoisotopic (exact) mass is 383 g/mol. The minimum Gasteiger partial charge on any atom is -0.371 e. The van der Waals surface area contributed by atoms with Crippen LogP contribution in [0.5, 0.6) is 0 Å². The lowest BCUT2D eigenvalue weighted by Crippen LogP contribution is -2.32. The van der Waals surface area contributed by atoms with E-state index in [0.717, 1.165) is 36.7 Å². The maximum atomic E-state index is 12.7. The molecular weight excluding hydrogens is 354 g/mol. The molecule has 0 atom stereocenters. The quantitative estimate of drug-likeness (QED) is 0.797. The van der Waals surface area contributed by atoms with Gasteiger partial charge in [0.25, 0.3) is 0 Å². The van der Waals surface area contributed by atoms with E-state index in [1.807, 2.05) is 17.5 Å². The van der Waals surface area contributed by atoms with Crippen LogP contribution >= 0.6 is 11.3 Å². The standard InChI is InChI=1S/C22H29N3OS/c26-22(17-19-8-7-15-27-19)23-20-16-18(24-11-3-1-4-12-24)9-10-21(20)25-13-5-2-6-14-25/h7-10,15-16H,1-6,11-14,17H2,(H,23,26). The van der Waals surface area contributed by atoms with E-state index in [4.69, 9.17) is 0 Å². The summed E-state index contributed by atoms with van der Waals surface area (Å²) < 4.78 is 0.